The molecule has 0 fully saturated rings. The molecule has 2 nitrogen and oxygen atoms in total. The first-order valence-electron chi connectivity index (χ1n) is 6.00. The summed E-state index contributed by atoms with van der Waals surface area (Å²) in [5.74, 6) is 0.387. The molecule has 0 spiro atoms. The fourth-order valence-electron chi connectivity index (χ4n) is 1.73. The van der Waals surface area contributed by atoms with Gasteiger partial charge in [-0.25, -0.2) is 4.39 Å². The van der Waals surface area contributed by atoms with E-state index in [4.69, 9.17) is 4.74 Å². The number of rotatable bonds is 6. The lowest BCUT2D eigenvalue weighted by Gasteiger charge is -2.19. The Morgan fingerprint density at radius 1 is 1.42 bits per heavy atom. The minimum atomic E-state index is -0.276. The highest BCUT2D eigenvalue weighted by atomic mass is 79.9. The van der Waals surface area contributed by atoms with Crippen molar-refractivity contribution in [2.45, 2.75) is 12.5 Å². The van der Waals surface area contributed by atoms with Crippen molar-refractivity contribution in [1.29, 1.82) is 0 Å². The van der Waals surface area contributed by atoms with E-state index in [1.807, 2.05) is 18.5 Å². The summed E-state index contributed by atoms with van der Waals surface area (Å²) in [5.41, 5.74) is 0. The van der Waals surface area contributed by atoms with Gasteiger partial charge in [-0.1, -0.05) is 6.07 Å². The van der Waals surface area contributed by atoms with Gasteiger partial charge >= 0.3 is 0 Å². The second-order valence-electron chi connectivity index (χ2n) is 4.09. The summed E-state index contributed by atoms with van der Waals surface area (Å²) >= 11 is 5.00. The molecule has 102 valence electrons. The fourth-order valence-corrected chi connectivity index (χ4v) is 2.97. The van der Waals surface area contributed by atoms with Crippen molar-refractivity contribution < 1.29 is 9.13 Å². The molecule has 5 heteroatoms. The van der Waals surface area contributed by atoms with Crippen molar-refractivity contribution in [2.24, 2.45) is 0 Å². The van der Waals surface area contributed by atoms with Crippen LogP contribution in [-0.4, -0.2) is 13.6 Å². The number of thiophene rings is 1. The topological polar surface area (TPSA) is 21.3 Å². The molecular weight excluding hydrogens is 329 g/mol. The Kier molecular flexibility index (Phi) is 5.36. The number of benzene rings is 1. The molecule has 1 aromatic carbocycles. The quantitative estimate of drug-likeness (QED) is 0.840. The molecule has 2 rings (SSSR count). The van der Waals surface area contributed by atoms with Crippen molar-refractivity contribution in [3.05, 3.63) is 50.9 Å². The molecule has 0 amide bonds. The molecule has 1 unspecified atom stereocenters. The fraction of sp³-hybridized carbons (Fsp3) is 0.286. The molecule has 0 saturated carbocycles. The zero-order valence-corrected chi connectivity index (χ0v) is 12.9. The third-order valence-corrected chi connectivity index (χ3v) is 4.26. The number of halogens is 2. The molecule has 19 heavy (non-hydrogen) atoms. The second-order valence-corrected chi connectivity index (χ2v) is 5.92. The normalized spacial score (nSPS) is 12.4. The predicted octanol–water partition coefficient (Wildman–Crippen LogP) is 4.38. The van der Waals surface area contributed by atoms with Gasteiger partial charge in [-0.05, 0) is 59.2 Å². The maximum absolute atomic E-state index is 13.1. The van der Waals surface area contributed by atoms with Gasteiger partial charge < -0.3 is 10.1 Å². The Hall–Kier alpha value is -0.910. The Balaban J connectivity index is 2.15. The van der Waals surface area contributed by atoms with E-state index in [0.29, 0.717) is 10.2 Å². The molecule has 1 heterocycles. The lowest BCUT2D eigenvalue weighted by molar-refractivity contribution is 0.197. The standard InChI is InChI=1S/C14H15BrFNOS/c1-17-7-6-13(14-3-2-8-19-14)18-12-5-4-10(16)9-11(12)15/h2-5,8-9,13,17H,6-7H2,1H3. The second kappa shape index (κ2) is 7.03. The summed E-state index contributed by atoms with van der Waals surface area (Å²) in [6, 6.07) is 8.54. The summed E-state index contributed by atoms with van der Waals surface area (Å²) in [4.78, 5) is 1.17. The minimum Gasteiger partial charge on any atom is -0.484 e. The van der Waals surface area contributed by atoms with Crippen molar-refractivity contribution in [3.63, 3.8) is 0 Å². The number of ether oxygens (including phenoxy) is 1. The van der Waals surface area contributed by atoms with Gasteiger partial charge in [0.1, 0.15) is 17.7 Å². The van der Waals surface area contributed by atoms with Gasteiger partial charge in [-0.3, -0.25) is 0 Å². The van der Waals surface area contributed by atoms with E-state index in [1.165, 1.54) is 17.0 Å². The van der Waals surface area contributed by atoms with Crippen LogP contribution in [0.2, 0.25) is 0 Å². The van der Waals surface area contributed by atoms with Crippen LogP contribution in [0.25, 0.3) is 0 Å². The maximum atomic E-state index is 13.1. The van der Waals surface area contributed by atoms with Gasteiger partial charge in [0.25, 0.3) is 0 Å². The molecule has 0 aliphatic rings. The predicted molar refractivity (Wildman–Crippen MR) is 80.3 cm³/mol. The Morgan fingerprint density at radius 2 is 2.26 bits per heavy atom. The van der Waals surface area contributed by atoms with Crippen LogP contribution < -0.4 is 10.1 Å². The molecule has 0 bridgehead atoms. The summed E-state index contributed by atoms with van der Waals surface area (Å²) in [5, 5.41) is 5.16. The molecule has 0 saturated heterocycles. The molecular formula is C14H15BrFNOS. The van der Waals surface area contributed by atoms with E-state index in [2.05, 4.69) is 27.3 Å². The average molecular weight is 344 g/mol. The number of nitrogens with one attached hydrogen (secondary N) is 1. The molecule has 1 aromatic heterocycles. The van der Waals surface area contributed by atoms with Gasteiger partial charge in [0, 0.05) is 11.3 Å². The van der Waals surface area contributed by atoms with Crippen molar-refractivity contribution in [2.75, 3.05) is 13.6 Å². The first-order chi connectivity index (χ1) is 9.20. The van der Waals surface area contributed by atoms with Gasteiger partial charge in [-0.15, -0.1) is 11.3 Å². The number of hydrogen-bond donors (Lipinski definition) is 1. The maximum Gasteiger partial charge on any atom is 0.134 e. The lowest BCUT2D eigenvalue weighted by atomic mass is 10.2. The highest BCUT2D eigenvalue weighted by molar-refractivity contribution is 9.10. The summed E-state index contributed by atoms with van der Waals surface area (Å²) < 4.78 is 19.7. The van der Waals surface area contributed by atoms with Crippen LogP contribution in [-0.2, 0) is 0 Å². The van der Waals surface area contributed by atoms with E-state index >= 15 is 0 Å². The summed E-state index contributed by atoms with van der Waals surface area (Å²) in [6.45, 7) is 0.862. The van der Waals surface area contributed by atoms with Crippen LogP contribution in [0.1, 0.15) is 17.4 Å². The molecule has 0 aliphatic carbocycles. The molecule has 0 aliphatic heterocycles. The molecule has 1 N–H and O–H groups in total. The van der Waals surface area contributed by atoms with E-state index in [-0.39, 0.29) is 11.9 Å². The van der Waals surface area contributed by atoms with Gasteiger partial charge in [0.2, 0.25) is 0 Å². The SMILES string of the molecule is CNCCC(Oc1ccc(F)cc1Br)c1cccs1. The van der Waals surface area contributed by atoms with Crippen LogP contribution in [0.4, 0.5) is 4.39 Å². The zero-order valence-electron chi connectivity index (χ0n) is 10.5. The highest BCUT2D eigenvalue weighted by Crippen LogP contribution is 2.32. The Labute approximate surface area is 124 Å². The third-order valence-electron chi connectivity index (χ3n) is 2.68. The smallest absolute Gasteiger partial charge is 0.134 e. The third kappa shape index (κ3) is 4.03. The molecule has 1 atom stereocenters. The molecule has 0 radical (unpaired) electrons. The zero-order chi connectivity index (χ0) is 13.7. The number of hydrogen-bond acceptors (Lipinski definition) is 3. The van der Waals surface area contributed by atoms with E-state index in [1.54, 1.807) is 17.4 Å². The highest BCUT2D eigenvalue weighted by Gasteiger charge is 2.15. The Morgan fingerprint density at radius 3 is 2.89 bits per heavy atom. The average Bonchev–Trinajstić information content (AvgIpc) is 2.90. The lowest BCUT2D eigenvalue weighted by Crippen LogP contribution is -2.15. The van der Waals surface area contributed by atoms with Gasteiger partial charge in [0.15, 0.2) is 0 Å². The van der Waals surface area contributed by atoms with Crippen LogP contribution in [0.15, 0.2) is 40.2 Å². The van der Waals surface area contributed by atoms with E-state index in [0.717, 1.165) is 13.0 Å². The van der Waals surface area contributed by atoms with Crippen molar-refractivity contribution in [3.8, 4) is 5.75 Å². The monoisotopic (exact) mass is 343 g/mol. The Bertz CT molecular complexity index is 518. The minimum absolute atomic E-state index is 0.0192. The van der Waals surface area contributed by atoms with Crippen LogP contribution in [0, 0.1) is 5.82 Å². The van der Waals surface area contributed by atoms with E-state index < -0.39 is 0 Å². The summed E-state index contributed by atoms with van der Waals surface area (Å²) in [7, 11) is 1.92. The van der Waals surface area contributed by atoms with Crippen LogP contribution >= 0.6 is 27.3 Å². The van der Waals surface area contributed by atoms with Crippen molar-refractivity contribution >= 4 is 27.3 Å². The summed E-state index contributed by atoms with van der Waals surface area (Å²) in [6.07, 6.45) is 0.843. The molecule has 2 aromatic rings. The first kappa shape index (κ1) is 14.5. The van der Waals surface area contributed by atoms with Gasteiger partial charge in [0.05, 0.1) is 4.47 Å². The van der Waals surface area contributed by atoms with Crippen LogP contribution in [0.3, 0.4) is 0 Å². The van der Waals surface area contributed by atoms with Crippen LogP contribution in [0.5, 0.6) is 5.75 Å². The van der Waals surface area contributed by atoms with Gasteiger partial charge in [-0.2, -0.15) is 0 Å². The van der Waals surface area contributed by atoms with E-state index in [9.17, 15) is 4.39 Å². The first-order valence-corrected chi connectivity index (χ1v) is 7.67. The van der Waals surface area contributed by atoms with Crippen molar-refractivity contribution in [1.82, 2.24) is 5.32 Å². The largest absolute Gasteiger partial charge is 0.484 e.